The Kier molecular flexibility index (Phi) is 2.49. The largest absolute Gasteiger partial charge is 0.288 e. The zero-order chi connectivity index (χ0) is 9.97. The first kappa shape index (κ1) is 9.20. The normalized spacial score (nSPS) is 13.1. The number of carbonyl (C=O) groups excluding carboxylic acids is 1. The number of benzene rings is 1. The van der Waals surface area contributed by atoms with Crippen LogP contribution in [0.5, 0.6) is 0 Å². The zero-order valence-electron chi connectivity index (χ0n) is 7.33. The minimum absolute atomic E-state index is 0.0162. The van der Waals surface area contributed by atoms with Gasteiger partial charge < -0.3 is 0 Å². The molecular weight excluding hydrogens is 240 g/mol. The maximum absolute atomic E-state index is 11.8. The summed E-state index contributed by atoms with van der Waals surface area (Å²) >= 11 is 3.32. The highest BCUT2D eigenvalue weighted by atomic mass is 79.9. The summed E-state index contributed by atoms with van der Waals surface area (Å²) in [5.41, 5.74) is 4.20. The van der Waals surface area contributed by atoms with Crippen LogP contribution >= 0.6 is 15.9 Å². The molecule has 1 aliphatic carbocycles. The van der Waals surface area contributed by atoms with Gasteiger partial charge in [-0.15, -0.1) is 5.73 Å². The lowest BCUT2D eigenvalue weighted by atomic mass is 10.1. The molecule has 0 spiro atoms. The van der Waals surface area contributed by atoms with Crippen LogP contribution in [0.3, 0.4) is 0 Å². The van der Waals surface area contributed by atoms with E-state index < -0.39 is 0 Å². The predicted molar refractivity (Wildman–Crippen MR) is 59.2 cm³/mol. The van der Waals surface area contributed by atoms with Gasteiger partial charge in [0.1, 0.15) is 0 Å². The predicted octanol–water partition coefficient (Wildman–Crippen LogP) is 3.28. The Morgan fingerprint density at radius 2 is 1.93 bits per heavy atom. The van der Waals surface area contributed by atoms with Crippen molar-refractivity contribution in [3.63, 3.8) is 0 Å². The molecule has 0 saturated heterocycles. The maximum Gasteiger partial charge on any atom is 0.200 e. The summed E-state index contributed by atoms with van der Waals surface area (Å²) in [7, 11) is 0. The quantitative estimate of drug-likeness (QED) is 0.579. The van der Waals surface area contributed by atoms with Gasteiger partial charge in [0.25, 0.3) is 0 Å². The van der Waals surface area contributed by atoms with Gasteiger partial charge in [0.2, 0.25) is 5.78 Å². The minimum Gasteiger partial charge on any atom is -0.288 e. The Balaban J connectivity index is 2.32. The smallest absolute Gasteiger partial charge is 0.200 e. The number of hydrogen-bond donors (Lipinski definition) is 0. The summed E-state index contributed by atoms with van der Waals surface area (Å²) < 4.78 is 0.973. The van der Waals surface area contributed by atoms with Crippen molar-refractivity contribution >= 4 is 21.7 Å². The van der Waals surface area contributed by atoms with Crippen molar-refractivity contribution in [2.75, 3.05) is 0 Å². The Labute approximate surface area is 90.6 Å². The van der Waals surface area contributed by atoms with Gasteiger partial charge in [0.05, 0.1) is 5.57 Å². The molecule has 0 heterocycles. The van der Waals surface area contributed by atoms with Crippen LogP contribution < -0.4 is 0 Å². The number of hydrogen-bond acceptors (Lipinski definition) is 1. The van der Waals surface area contributed by atoms with E-state index in [-0.39, 0.29) is 5.78 Å². The van der Waals surface area contributed by atoms with E-state index in [1.807, 2.05) is 18.2 Å². The molecule has 0 amide bonds. The third-order valence-corrected chi connectivity index (χ3v) is 2.48. The summed E-state index contributed by atoms with van der Waals surface area (Å²) in [4.78, 5) is 11.8. The van der Waals surface area contributed by atoms with Crippen LogP contribution in [0.25, 0.3) is 0 Å². The van der Waals surface area contributed by atoms with E-state index in [2.05, 4.69) is 21.7 Å². The fourth-order valence-corrected chi connectivity index (χ4v) is 1.49. The molecule has 1 aromatic carbocycles. The first-order valence-electron chi connectivity index (χ1n) is 4.21. The summed E-state index contributed by atoms with van der Waals surface area (Å²) in [5.74, 6) is 0.0162. The Morgan fingerprint density at radius 1 is 1.21 bits per heavy atom. The van der Waals surface area contributed by atoms with Crippen molar-refractivity contribution in [2.24, 2.45) is 0 Å². The van der Waals surface area contributed by atoms with Crippen LogP contribution in [0.2, 0.25) is 0 Å². The molecule has 14 heavy (non-hydrogen) atoms. The zero-order valence-corrected chi connectivity index (χ0v) is 8.91. The topological polar surface area (TPSA) is 17.1 Å². The molecule has 0 N–H and O–H groups in total. The lowest BCUT2D eigenvalue weighted by Crippen LogP contribution is -1.99. The fourth-order valence-electron chi connectivity index (χ4n) is 1.23. The number of carbonyl (C=O) groups is 1. The highest BCUT2D eigenvalue weighted by Gasteiger charge is 2.09. The van der Waals surface area contributed by atoms with Gasteiger partial charge in [-0.05, 0) is 36.4 Å². The van der Waals surface area contributed by atoms with Gasteiger partial charge in [-0.1, -0.05) is 22.0 Å². The van der Waals surface area contributed by atoms with Crippen LogP contribution in [-0.4, -0.2) is 5.78 Å². The molecule has 68 valence electrons. The molecule has 0 saturated carbocycles. The van der Waals surface area contributed by atoms with Crippen molar-refractivity contribution in [3.8, 4) is 0 Å². The van der Waals surface area contributed by atoms with E-state index in [9.17, 15) is 4.79 Å². The number of halogens is 1. The van der Waals surface area contributed by atoms with Gasteiger partial charge in [-0.3, -0.25) is 4.79 Å². The number of Topliss-reactive ketones (excluding diaryl/α,β-unsaturated/α-hetero) is 1. The number of ketones is 1. The summed E-state index contributed by atoms with van der Waals surface area (Å²) in [5, 5.41) is 0. The Bertz CT molecular complexity index is 460. The van der Waals surface area contributed by atoms with Crippen LogP contribution in [0.1, 0.15) is 10.4 Å². The van der Waals surface area contributed by atoms with E-state index in [1.54, 1.807) is 24.3 Å². The molecule has 0 aliphatic heterocycles. The maximum atomic E-state index is 11.8. The van der Waals surface area contributed by atoms with Gasteiger partial charge in [0, 0.05) is 10.0 Å². The second-order valence-corrected chi connectivity index (χ2v) is 3.84. The molecule has 0 unspecified atom stereocenters. The molecule has 0 bridgehead atoms. The molecule has 0 radical (unpaired) electrons. The van der Waals surface area contributed by atoms with Crippen LogP contribution in [0.15, 0.2) is 58.3 Å². The SMILES string of the molecule is O=C(C1=C=CC=C1)c1ccc(Br)cc1. The van der Waals surface area contributed by atoms with Gasteiger partial charge in [0.15, 0.2) is 0 Å². The van der Waals surface area contributed by atoms with Crippen molar-refractivity contribution in [1.29, 1.82) is 0 Å². The van der Waals surface area contributed by atoms with E-state index in [4.69, 9.17) is 0 Å². The Hall–Kier alpha value is -1.37. The van der Waals surface area contributed by atoms with E-state index in [0.717, 1.165) is 4.47 Å². The van der Waals surface area contributed by atoms with Gasteiger partial charge in [-0.25, -0.2) is 0 Å². The third kappa shape index (κ3) is 1.77. The van der Waals surface area contributed by atoms with E-state index in [0.29, 0.717) is 11.1 Å². The average molecular weight is 247 g/mol. The highest BCUT2D eigenvalue weighted by Crippen LogP contribution is 2.15. The van der Waals surface area contributed by atoms with Crippen LogP contribution in [-0.2, 0) is 0 Å². The molecule has 1 aromatic rings. The number of allylic oxidation sites excluding steroid dienone is 3. The minimum atomic E-state index is 0.0162. The summed E-state index contributed by atoms with van der Waals surface area (Å²) in [6.45, 7) is 0. The van der Waals surface area contributed by atoms with Crippen LogP contribution in [0, 0.1) is 0 Å². The van der Waals surface area contributed by atoms with Gasteiger partial charge in [-0.2, -0.15) is 0 Å². The summed E-state index contributed by atoms with van der Waals surface area (Å²) in [6.07, 6.45) is 5.32. The molecule has 0 atom stereocenters. The molecule has 1 aliphatic rings. The van der Waals surface area contributed by atoms with E-state index in [1.165, 1.54) is 0 Å². The standard InChI is InChI=1S/C12H7BrO/c13-11-7-5-10(6-8-11)12(14)9-3-1-2-4-9/h1-3,5-8H. The van der Waals surface area contributed by atoms with Crippen molar-refractivity contribution in [3.05, 3.63) is 63.8 Å². The van der Waals surface area contributed by atoms with Crippen LogP contribution in [0.4, 0.5) is 0 Å². The lowest BCUT2D eigenvalue weighted by Gasteiger charge is -1.98. The van der Waals surface area contributed by atoms with Crippen molar-refractivity contribution in [1.82, 2.24) is 0 Å². The van der Waals surface area contributed by atoms with Gasteiger partial charge >= 0.3 is 0 Å². The molecule has 0 aromatic heterocycles. The third-order valence-electron chi connectivity index (χ3n) is 1.95. The summed E-state index contributed by atoms with van der Waals surface area (Å²) in [6, 6.07) is 7.31. The van der Waals surface area contributed by atoms with Crippen molar-refractivity contribution in [2.45, 2.75) is 0 Å². The molecule has 1 nitrogen and oxygen atoms in total. The lowest BCUT2D eigenvalue weighted by molar-refractivity contribution is 0.103. The molecule has 2 heteroatoms. The Morgan fingerprint density at radius 3 is 2.50 bits per heavy atom. The second-order valence-electron chi connectivity index (χ2n) is 2.92. The monoisotopic (exact) mass is 246 g/mol. The first-order valence-corrected chi connectivity index (χ1v) is 5.00. The fraction of sp³-hybridized carbons (Fsp3) is 0. The molecule has 2 rings (SSSR count). The first-order chi connectivity index (χ1) is 6.77. The second kappa shape index (κ2) is 3.79. The average Bonchev–Trinajstić information content (AvgIpc) is 2.71. The molecular formula is C12H7BrO. The number of rotatable bonds is 2. The van der Waals surface area contributed by atoms with Crippen molar-refractivity contribution < 1.29 is 4.79 Å². The highest BCUT2D eigenvalue weighted by molar-refractivity contribution is 9.10. The molecule has 0 fully saturated rings. The van der Waals surface area contributed by atoms with E-state index >= 15 is 0 Å².